The lowest BCUT2D eigenvalue weighted by molar-refractivity contribution is -0.136. The molecule has 6 heteroatoms. The highest BCUT2D eigenvalue weighted by molar-refractivity contribution is 6.00. The summed E-state index contributed by atoms with van der Waals surface area (Å²) in [5.41, 5.74) is -0.913. The highest BCUT2D eigenvalue weighted by Crippen LogP contribution is 2.37. The fourth-order valence-electron chi connectivity index (χ4n) is 2.21. The first-order valence-electron chi connectivity index (χ1n) is 6.48. The molecule has 1 saturated carbocycles. The molecule has 0 aromatic heterocycles. The number of anilines is 1. The molecule has 1 aliphatic rings. The van der Waals surface area contributed by atoms with Crippen LogP contribution in [0.2, 0.25) is 0 Å². The highest BCUT2D eigenvalue weighted by atomic mass is 19.4. The van der Waals surface area contributed by atoms with E-state index in [1.165, 1.54) is 24.1 Å². The number of nitrogens with zero attached hydrogens (tertiary/aromatic N) is 1. The van der Waals surface area contributed by atoms with Crippen LogP contribution in [0.4, 0.5) is 18.9 Å². The van der Waals surface area contributed by atoms with E-state index < -0.39 is 11.7 Å². The Balaban J connectivity index is 2.32. The average Bonchev–Trinajstić information content (AvgIpc) is 3.19. The van der Waals surface area contributed by atoms with Gasteiger partial charge in [-0.1, -0.05) is 6.07 Å². The predicted molar refractivity (Wildman–Crippen MR) is 70.7 cm³/mol. The van der Waals surface area contributed by atoms with Crippen LogP contribution in [0.3, 0.4) is 0 Å². The van der Waals surface area contributed by atoms with Gasteiger partial charge in [-0.3, -0.25) is 4.79 Å². The second-order valence-electron chi connectivity index (χ2n) is 5.10. The van der Waals surface area contributed by atoms with E-state index in [0.717, 1.165) is 18.9 Å². The van der Waals surface area contributed by atoms with Crippen molar-refractivity contribution in [1.82, 2.24) is 4.90 Å². The predicted octanol–water partition coefficient (Wildman–Crippen LogP) is 3.23. The van der Waals surface area contributed by atoms with Gasteiger partial charge in [-0.05, 0) is 30.9 Å². The van der Waals surface area contributed by atoms with Crippen molar-refractivity contribution < 1.29 is 18.0 Å². The van der Waals surface area contributed by atoms with Gasteiger partial charge in [-0.25, -0.2) is 0 Å². The van der Waals surface area contributed by atoms with Gasteiger partial charge >= 0.3 is 6.18 Å². The van der Waals surface area contributed by atoms with Crippen LogP contribution < -0.4 is 5.32 Å². The molecule has 1 aromatic carbocycles. The third-order valence-corrected chi connectivity index (χ3v) is 3.43. The van der Waals surface area contributed by atoms with Crippen LogP contribution in [0.15, 0.2) is 18.2 Å². The topological polar surface area (TPSA) is 32.3 Å². The van der Waals surface area contributed by atoms with Crippen molar-refractivity contribution in [1.29, 1.82) is 0 Å². The van der Waals surface area contributed by atoms with E-state index in [2.05, 4.69) is 5.32 Å². The second-order valence-corrected chi connectivity index (χ2v) is 5.10. The smallest absolute Gasteiger partial charge is 0.387 e. The normalized spacial score (nSPS) is 15.1. The number of amides is 1. The van der Waals surface area contributed by atoms with E-state index in [1.54, 1.807) is 7.05 Å². The van der Waals surface area contributed by atoms with Gasteiger partial charge in [0.1, 0.15) is 0 Å². The van der Waals surface area contributed by atoms with E-state index >= 15 is 0 Å². The van der Waals surface area contributed by atoms with Crippen LogP contribution in [0.25, 0.3) is 0 Å². The van der Waals surface area contributed by atoms with E-state index in [9.17, 15) is 18.0 Å². The summed E-state index contributed by atoms with van der Waals surface area (Å²) >= 11 is 0. The molecule has 0 spiro atoms. The molecule has 1 aliphatic carbocycles. The molecular weight excluding hydrogens is 269 g/mol. The molecule has 0 unspecified atom stereocenters. The maximum Gasteiger partial charge on any atom is 0.418 e. The van der Waals surface area contributed by atoms with Gasteiger partial charge in [-0.15, -0.1) is 0 Å². The van der Waals surface area contributed by atoms with Crippen LogP contribution in [0.5, 0.6) is 0 Å². The molecule has 1 fully saturated rings. The number of alkyl halides is 3. The number of para-hydroxylation sites is 1. The first kappa shape index (κ1) is 14.7. The number of carbonyl (C=O) groups excluding carboxylic acids is 1. The van der Waals surface area contributed by atoms with Gasteiger partial charge in [0.2, 0.25) is 0 Å². The number of benzene rings is 1. The van der Waals surface area contributed by atoms with Crippen molar-refractivity contribution in [2.24, 2.45) is 5.92 Å². The van der Waals surface area contributed by atoms with Crippen molar-refractivity contribution in [2.75, 3.05) is 26.0 Å². The lowest BCUT2D eigenvalue weighted by atomic mass is 10.1. The highest BCUT2D eigenvalue weighted by Gasteiger charge is 2.35. The van der Waals surface area contributed by atoms with Crippen molar-refractivity contribution >= 4 is 11.6 Å². The first-order valence-corrected chi connectivity index (χ1v) is 6.48. The SMILES string of the molecule is CNc1c(C(=O)N(C)CC2CC2)cccc1C(F)(F)F. The zero-order chi connectivity index (χ0) is 14.9. The Bertz CT molecular complexity index is 510. The Hall–Kier alpha value is -1.72. The second kappa shape index (κ2) is 5.34. The standard InChI is InChI=1S/C14H17F3N2O/c1-18-12-10(4-3-5-11(12)14(15,16)17)13(20)19(2)8-9-6-7-9/h3-5,9,18H,6-8H2,1-2H3. The maximum absolute atomic E-state index is 12.9. The summed E-state index contributed by atoms with van der Waals surface area (Å²) in [6.45, 7) is 0.595. The lowest BCUT2D eigenvalue weighted by Crippen LogP contribution is -2.29. The third kappa shape index (κ3) is 3.05. The maximum atomic E-state index is 12.9. The van der Waals surface area contributed by atoms with Gasteiger partial charge < -0.3 is 10.2 Å². The van der Waals surface area contributed by atoms with E-state index in [4.69, 9.17) is 0 Å². The molecule has 110 valence electrons. The molecule has 1 N–H and O–H groups in total. The Morgan fingerprint density at radius 2 is 2.05 bits per heavy atom. The molecule has 0 heterocycles. The monoisotopic (exact) mass is 286 g/mol. The van der Waals surface area contributed by atoms with E-state index in [1.807, 2.05) is 0 Å². The lowest BCUT2D eigenvalue weighted by Gasteiger charge is -2.21. The van der Waals surface area contributed by atoms with Crippen LogP contribution in [-0.4, -0.2) is 31.4 Å². The number of nitrogens with one attached hydrogen (secondary N) is 1. The molecule has 3 nitrogen and oxygen atoms in total. The van der Waals surface area contributed by atoms with Gasteiger partial charge in [0.05, 0.1) is 16.8 Å². The Morgan fingerprint density at radius 1 is 1.40 bits per heavy atom. The van der Waals surface area contributed by atoms with Crippen molar-refractivity contribution in [2.45, 2.75) is 19.0 Å². The molecule has 2 rings (SSSR count). The van der Waals surface area contributed by atoms with Crippen molar-refractivity contribution in [3.8, 4) is 0 Å². The van der Waals surface area contributed by atoms with Crippen LogP contribution in [-0.2, 0) is 6.18 Å². The van der Waals surface area contributed by atoms with Crippen LogP contribution >= 0.6 is 0 Å². The van der Waals surface area contributed by atoms with Gasteiger partial charge in [0.15, 0.2) is 0 Å². The molecule has 20 heavy (non-hydrogen) atoms. The van der Waals surface area contributed by atoms with E-state index in [-0.39, 0.29) is 17.2 Å². The minimum atomic E-state index is -4.48. The number of carbonyl (C=O) groups is 1. The fraction of sp³-hybridized carbons (Fsp3) is 0.500. The first-order chi connectivity index (χ1) is 9.34. The summed E-state index contributed by atoms with van der Waals surface area (Å²) in [5.74, 6) is 0.111. The van der Waals surface area contributed by atoms with Crippen LogP contribution in [0.1, 0.15) is 28.8 Å². The summed E-state index contributed by atoms with van der Waals surface area (Å²) in [4.78, 5) is 13.8. The molecule has 0 bridgehead atoms. The Morgan fingerprint density at radius 3 is 2.55 bits per heavy atom. The molecule has 1 amide bonds. The summed E-state index contributed by atoms with van der Waals surface area (Å²) < 4.78 is 38.8. The van der Waals surface area contributed by atoms with Gasteiger partial charge in [-0.2, -0.15) is 13.2 Å². The quantitative estimate of drug-likeness (QED) is 0.921. The fourth-order valence-corrected chi connectivity index (χ4v) is 2.21. The molecule has 0 saturated heterocycles. The number of rotatable bonds is 4. The minimum absolute atomic E-state index is 0.0606. The molecule has 1 aromatic rings. The largest absolute Gasteiger partial charge is 0.418 e. The Kier molecular flexibility index (Phi) is 3.92. The molecule has 0 aliphatic heterocycles. The van der Waals surface area contributed by atoms with Crippen molar-refractivity contribution in [3.05, 3.63) is 29.3 Å². The van der Waals surface area contributed by atoms with Gasteiger partial charge in [0.25, 0.3) is 5.91 Å². The third-order valence-electron chi connectivity index (χ3n) is 3.43. The number of hydrogen-bond donors (Lipinski definition) is 1. The zero-order valence-corrected chi connectivity index (χ0v) is 11.4. The van der Waals surface area contributed by atoms with Crippen LogP contribution in [0, 0.1) is 5.92 Å². The summed E-state index contributed by atoms with van der Waals surface area (Å²) in [7, 11) is 3.02. The molecular formula is C14H17F3N2O. The summed E-state index contributed by atoms with van der Waals surface area (Å²) in [6.07, 6.45) is -2.32. The summed E-state index contributed by atoms with van der Waals surface area (Å²) in [6, 6.07) is 3.66. The molecule has 0 atom stereocenters. The zero-order valence-electron chi connectivity index (χ0n) is 11.4. The number of halogens is 3. The molecule has 0 radical (unpaired) electrons. The Labute approximate surface area is 115 Å². The van der Waals surface area contributed by atoms with Crippen molar-refractivity contribution in [3.63, 3.8) is 0 Å². The van der Waals surface area contributed by atoms with Gasteiger partial charge in [0, 0.05) is 20.6 Å². The minimum Gasteiger partial charge on any atom is -0.387 e. The number of hydrogen-bond acceptors (Lipinski definition) is 2. The van der Waals surface area contributed by atoms with E-state index in [0.29, 0.717) is 12.5 Å². The summed E-state index contributed by atoms with van der Waals surface area (Å²) in [5, 5.41) is 2.51. The average molecular weight is 286 g/mol.